The van der Waals surface area contributed by atoms with Gasteiger partial charge in [0.15, 0.2) is 5.82 Å². The molecule has 8 heteroatoms. The van der Waals surface area contributed by atoms with Crippen molar-refractivity contribution in [1.82, 2.24) is 14.9 Å². The highest BCUT2D eigenvalue weighted by atomic mass is 32.2. The molecule has 2 rings (SSSR count). The number of nitrogens with zero attached hydrogens (tertiary/aromatic N) is 2. The molecule has 0 aliphatic heterocycles. The van der Waals surface area contributed by atoms with Crippen LogP contribution in [-0.2, 0) is 33.1 Å². The van der Waals surface area contributed by atoms with Gasteiger partial charge in [0.1, 0.15) is 0 Å². The molecular formula is C18H27N3O4S. The number of methoxy groups -OCH3 is 1. The molecular weight excluding hydrogens is 354 g/mol. The Labute approximate surface area is 155 Å². The van der Waals surface area contributed by atoms with Crippen LogP contribution in [0, 0.1) is 13.8 Å². The number of benzene rings is 1. The molecule has 0 aliphatic carbocycles. The summed E-state index contributed by atoms with van der Waals surface area (Å²) in [5.41, 5.74) is 2.51. The monoisotopic (exact) mass is 381 g/mol. The summed E-state index contributed by atoms with van der Waals surface area (Å²) in [5.74, 6) is 0.712. The molecule has 0 fully saturated rings. The van der Waals surface area contributed by atoms with Gasteiger partial charge in [-0.1, -0.05) is 32.0 Å². The molecule has 0 amide bonds. The smallest absolute Gasteiger partial charge is 0.241 e. The lowest BCUT2D eigenvalue weighted by molar-refractivity contribution is 0.192. The van der Waals surface area contributed by atoms with E-state index in [1.165, 1.54) is 0 Å². The Balaban J connectivity index is 2.22. The molecule has 0 saturated carbocycles. The maximum absolute atomic E-state index is 12.8. The van der Waals surface area contributed by atoms with Crippen molar-refractivity contribution in [2.45, 2.75) is 57.9 Å². The van der Waals surface area contributed by atoms with Gasteiger partial charge in [0.2, 0.25) is 15.9 Å². The summed E-state index contributed by atoms with van der Waals surface area (Å²) in [6, 6.07) is 3.78. The third kappa shape index (κ3) is 4.90. The van der Waals surface area contributed by atoms with Gasteiger partial charge in [-0.3, -0.25) is 0 Å². The number of hydrogen-bond acceptors (Lipinski definition) is 6. The van der Waals surface area contributed by atoms with Gasteiger partial charge >= 0.3 is 0 Å². The summed E-state index contributed by atoms with van der Waals surface area (Å²) in [7, 11) is -2.11. The van der Waals surface area contributed by atoms with Crippen molar-refractivity contribution >= 4 is 10.0 Å². The van der Waals surface area contributed by atoms with Gasteiger partial charge in [0.05, 0.1) is 24.5 Å². The zero-order chi connectivity index (χ0) is 19.5. The van der Waals surface area contributed by atoms with Crippen molar-refractivity contribution in [3.05, 3.63) is 40.5 Å². The van der Waals surface area contributed by atoms with Crippen molar-refractivity contribution in [1.29, 1.82) is 0 Å². The minimum absolute atomic E-state index is 0.0307. The Kier molecular flexibility index (Phi) is 6.21. The molecule has 144 valence electrons. The second-order valence-corrected chi connectivity index (χ2v) is 9.07. The molecule has 1 N–H and O–H groups in total. The highest BCUT2D eigenvalue weighted by Crippen LogP contribution is 2.29. The van der Waals surface area contributed by atoms with Crippen molar-refractivity contribution in [3.8, 4) is 0 Å². The van der Waals surface area contributed by atoms with E-state index in [4.69, 9.17) is 9.26 Å². The lowest BCUT2D eigenvalue weighted by Crippen LogP contribution is -2.25. The number of hydrogen-bond donors (Lipinski definition) is 1. The van der Waals surface area contributed by atoms with E-state index >= 15 is 0 Å². The van der Waals surface area contributed by atoms with Crippen molar-refractivity contribution in [3.63, 3.8) is 0 Å². The Morgan fingerprint density at radius 3 is 2.54 bits per heavy atom. The van der Waals surface area contributed by atoms with E-state index in [1.54, 1.807) is 13.2 Å². The predicted molar refractivity (Wildman–Crippen MR) is 98.5 cm³/mol. The van der Waals surface area contributed by atoms with Crippen LogP contribution in [0.2, 0.25) is 0 Å². The fourth-order valence-corrected chi connectivity index (χ4v) is 3.75. The molecule has 1 heterocycles. The lowest BCUT2D eigenvalue weighted by Gasteiger charge is -2.22. The Hall–Kier alpha value is -1.77. The zero-order valence-corrected chi connectivity index (χ0v) is 17.0. The van der Waals surface area contributed by atoms with E-state index in [9.17, 15) is 8.42 Å². The van der Waals surface area contributed by atoms with E-state index in [0.717, 1.165) is 16.7 Å². The van der Waals surface area contributed by atoms with E-state index < -0.39 is 10.0 Å². The number of ether oxygens (including phenoxy) is 1. The van der Waals surface area contributed by atoms with Gasteiger partial charge in [-0.25, -0.2) is 13.1 Å². The number of nitrogens with one attached hydrogen (secondary N) is 1. The zero-order valence-electron chi connectivity index (χ0n) is 16.2. The van der Waals surface area contributed by atoms with Crippen molar-refractivity contribution in [2.75, 3.05) is 13.7 Å². The standard InChI is InChI=1S/C18H27N3O4S/c1-12-9-14(18(3,4)5)10-15(13(12)2)26(22,23)19-11-16-20-17(25-21-16)7-8-24-6/h9-10,19H,7-8,11H2,1-6H3. The first kappa shape index (κ1) is 20.5. The first-order valence-corrected chi connectivity index (χ1v) is 9.94. The number of aromatic nitrogens is 2. The highest BCUT2D eigenvalue weighted by molar-refractivity contribution is 7.89. The van der Waals surface area contributed by atoms with Crippen LogP contribution in [0.3, 0.4) is 0 Å². The maximum Gasteiger partial charge on any atom is 0.241 e. The largest absolute Gasteiger partial charge is 0.384 e. The van der Waals surface area contributed by atoms with Crippen LogP contribution in [-0.4, -0.2) is 32.3 Å². The molecule has 26 heavy (non-hydrogen) atoms. The predicted octanol–water partition coefficient (Wildman–Crippen LogP) is 2.65. The van der Waals surface area contributed by atoms with E-state index in [0.29, 0.717) is 24.7 Å². The average molecular weight is 381 g/mol. The topological polar surface area (TPSA) is 94.3 Å². The quantitative estimate of drug-likeness (QED) is 0.792. The molecule has 1 aromatic heterocycles. The molecule has 0 atom stereocenters. The molecule has 1 aromatic carbocycles. The van der Waals surface area contributed by atoms with Crippen LogP contribution < -0.4 is 4.72 Å². The molecule has 2 aromatic rings. The summed E-state index contributed by atoms with van der Waals surface area (Å²) in [6.07, 6.45) is 0.488. The van der Waals surface area contributed by atoms with E-state index in [1.807, 2.05) is 19.9 Å². The summed E-state index contributed by atoms with van der Waals surface area (Å²) in [4.78, 5) is 4.44. The SMILES string of the molecule is COCCc1nc(CNS(=O)(=O)c2cc(C(C)(C)C)cc(C)c2C)no1. The fourth-order valence-electron chi connectivity index (χ4n) is 2.43. The van der Waals surface area contributed by atoms with Crippen molar-refractivity contribution in [2.24, 2.45) is 0 Å². The number of aryl methyl sites for hydroxylation is 1. The molecule has 0 unspecified atom stereocenters. The van der Waals surface area contributed by atoms with Crippen LogP contribution in [0.4, 0.5) is 0 Å². The van der Waals surface area contributed by atoms with Gasteiger partial charge in [0.25, 0.3) is 0 Å². The molecule has 7 nitrogen and oxygen atoms in total. The van der Waals surface area contributed by atoms with Crippen LogP contribution >= 0.6 is 0 Å². The van der Waals surface area contributed by atoms with Gasteiger partial charge in [-0.2, -0.15) is 4.98 Å². The molecule has 0 bridgehead atoms. The summed E-state index contributed by atoms with van der Waals surface area (Å²) in [6.45, 7) is 10.3. The van der Waals surface area contributed by atoms with Gasteiger partial charge in [-0.15, -0.1) is 0 Å². The van der Waals surface area contributed by atoms with Gasteiger partial charge in [-0.05, 0) is 42.0 Å². The van der Waals surface area contributed by atoms with Crippen LogP contribution in [0.15, 0.2) is 21.6 Å². The fraction of sp³-hybridized carbons (Fsp3) is 0.556. The number of sulfonamides is 1. The normalized spacial score (nSPS) is 12.5. The van der Waals surface area contributed by atoms with Gasteiger partial charge in [0, 0.05) is 7.11 Å². The molecule has 0 aliphatic rings. The van der Waals surface area contributed by atoms with E-state index in [-0.39, 0.29) is 16.9 Å². The van der Waals surface area contributed by atoms with Crippen molar-refractivity contribution < 1.29 is 17.7 Å². The van der Waals surface area contributed by atoms with E-state index in [2.05, 4.69) is 35.6 Å². The maximum atomic E-state index is 12.8. The lowest BCUT2D eigenvalue weighted by atomic mass is 9.85. The second kappa shape index (κ2) is 7.85. The molecule has 0 radical (unpaired) electrons. The average Bonchev–Trinajstić information content (AvgIpc) is 3.00. The Bertz CT molecular complexity index is 867. The van der Waals surface area contributed by atoms with Crippen LogP contribution in [0.1, 0.15) is 49.2 Å². The third-order valence-electron chi connectivity index (χ3n) is 4.23. The Morgan fingerprint density at radius 2 is 1.92 bits per heavy atom. The summed E-state index contributed by atoms with van der Waals surface area (Å²) in [5, 5.41) is 3.79. The third-order valence-corrected chi connectivity index (χ3v) is 5.75. The first-order valence-electron chi connectivity index (χ1n) is 8.46. The highest BCUT2D eigenvalue weighted by Gasteiger charge is 2.23. The summed E-state index contributed by atoms with van der Waals surface area (Å²) < 4.78 is 38.2. The minimum Gasteiger partial charge on any atom is -0.384 e. The molecule has 0 saturated heterocycles. The Morgan fingerprint density at radius 1 is 1.23 bits per heavy atom. The van der Waals surface area contributed by atoms with Crippen LogP contribution in [0.5, 0.6) is 0 Å². The second-order valence-electron chi connectivity index (χ2n) is 7.34. The molecule has 0 spiro atoms. The van der Waals surface area contributed by atoms with Gasteiger partial charge < -0.3 is 9.26 Å². The first-order chi connectivity index (χ1) is 12.0. The number of rotatable bonds is 7. The minimum atomic E-state index is -3.70. The van der Waals surface area contributed by atoms with Crippen LogP contribution in [0.25, 0.3) is 0 Å². The summed E-state index contributed by atoms with van der Waals surface area (Å²) >= 11 is 0.